The van der Waals surface area contributed by atoms with Crippen LogP contribution < -0.4 is 16.0 Å². The fourth-order valence-corrected chi connectivity index (χ4v) is 2.19. The van der Waals surface area contributed by atoms with Crippen LogP contribution >= 0.6 is 0 Å². The molecule has 2 rings (SSSR count). The SMILES string of the molecule is CC(=O)Nc1ccc(NCC(=O)N2CCNC2=O)c(C(F)(F)F)c1. The zero-order valence-corrected chi connectivity index (χ0v) is 12.7. The molecule has 1 fully saturated rings. The molecule has 7 nitrogen and oxygen atoms in total. The van der Waals surface area contributed by atoms with E-state index in [1.807, 2.05) is 0 Å². The van der Waals surface area contributed by atoms with E-state index in [-0.39, 0.29) is 17.9 Å². The Balaban J connectivity index is 2.15. The van der Waals surface area contributed by atoms with Crippen molar-refractivity contribution in [2.45, 2.75) is 13.1 Å². The highest BCUT2D eigenvalue weighted by Crippen LogP contribution is 2.36. The van der Waals surface area contributed by atoms with E-state index < -0.39 is 36.1 Å². The lowest BCUT2D eigenvalue weighted by atomic mass is 10.1. The maximum absolute atomic E-state index is 13.1. The van der Waals surface area contributed by atoms with Gasteiger partial charge < -0.3 is 16.0 Å². The molecule has 0 saturated carbocycles. The van der Waals surface area contributed by atoms with Crippen LogP contribution in [0.1, 0.15) is 12.5 Å². The van der Waals surface area contributed by atoms with Gasteiger partial charge in [0, 0.05) is 31.4 Å². The Morgan fingerprint density at radius 2 is 2.04 bits per heavy atom. The first kappa shape index (κ1) is 17.6. The number of rotatable bonds is 4. The van der Waals surface area contributed by atoms with Crippen LogP contribution in [0.25, 0.3) is 0 Å². The zero-order chi connectivity index (χ0) is 17.9. The van der Waals surface area contributed by atoms with Crippen LogP contribution in [0.15, 0.2) is 18.2 Å². The van der Waals surface area contributed by atoms with E-state index in [0.717, 1.165) is 17.0 Å². The molecule has 1 aromatic rings. The first-order chi connectivity index (χ1) is 11.2. The minimum atomic E-state index is -4.68. The summed E-state index contributed by atoms with van der Waals surface area (Å²) in [7, 11) is 0. The molecule has 1 aromatic carbocycles. The number of carbonyl (C=O) groups is 3. The molecule has 24 heavy (non-hydrogen) atoms. The lowest BCUT2D eigenvalue weighted by Gasteiger charge is -2.17. The quantitative estimate of drug-likeness (QED) is 0.774. The molecule has 1 aliphatic rings. The van der Waals surface area contributed by atoms with Crippen molar-refractivity contribution in [1.29, 1.82) is 0 Å². The maximum Gasteiger partial charge on any atom is 0.418 e. The number of nitrogens with one attached hydrogen (secondary N) is 3. The number of anilines is 2. The van der Waals surface area contributed by atoms with Crippen molar-refractivity contribution >= 4 is 29.2 Å². The number of amides is 4. The Labute approximate surface area is 135 Å². The van der Waals surface area contributed by atoms with Crippen LogP contribution in [-0.4, -0.2) is 42.4 Å². The van der Waals surface area contributed by atoms with Gasteiger partial charge in [0.05, 0.1) is 12.1 Å². The minimum absolute atomic E-state index is 0.00868. The average Bonchev–Trinajstić information content (AvgIpc) is 2.90. The van der Waals surface area contributed by atoms with Gasteiger partial charge in [0.1, 0.15) is 0 Å². The van der Waals surface area contributed by atoms with Gasteiger partial charge in [0.2, 0.25) is 11.8 Å². The molecule has 0 atom stereocenters. The van der Waals surface area contributed by atoms with Crippen LogP contribution in [-0.2, 0) is 15.8 Å². The molecule has 1 heterocycles. The number of imide groups is 1. The molecule has 1 saturated heterocycles. The summed E-state index contributed by atoms with van der Waals surface area (Å²) in [5.74, 6) is -1.14. The van der Waals surface area contributed by atoms with Crippen molar-refractivity contribution in [3.63, 3.8) is 0 Å². The second-order valence-electron chi connectivity index (χ2n) is 5.07. The minimum Gasteiger partial charge on any atom is -0.376 e. The van der Waals surface area contributed by atoms with Crippen molar-refractivity contribution in [3.05, 3.63) is 23.8 Å². The van der Waals surface area contributed by atoms with Crippen molar-refractivity contribution in [2.24, 2.45) is 0 Å². The first-order valence-corrected chi connectivity index (χ1v) is 6.99. The molecule has 0 unspecified atom stereocenters. The molecular formula is C14H15F3N4O3. The Hall–Kier alpha value is -2.78. The van der Waals surface area contributed by atoms with E-state index >= 15 is 0 Å². The van der Waals surface area contributed by atoms with Gasteiger partial charge in [-0.15, -0.1) is 0 Å². The van der Waals surface area contributed by atoms with Crippen LogP contribution in [0, 0.1) is 0 Å². The Morgan fingerprint density at radius 3 is 2.58 bits per heavy atom. The highest BCUT2D eigenvalue weighted by atomic mass is 19.4. The Kier molecular flexibility index (Phi) is 4.96. The molecule has 0 radical (unpaired) electrons. The second kappa shape index (κ2) is 6.77. The molecule has 0 aromatic heterocycles. The predicted octanol–water partition coefficient (Wildman–Crippen LogP) is 1.63. The Morgan fingerprint density at radius 1 is 1.33 bits per heavy atom. The largest absolute Gasteiger partial charge is 0.418 e. The van der Waals surface area contributed by atoms with Crippen LogP contribution in [0.4, 0.5) is 29.3 Å². The van der Waals surface area contributed by atoms with E-state index in [2.05, 4.69) is 16.0 Å². The van der Waals surface area contributed by atoms with E-state index in [1.165, 1.54) is 13.0 Å². The number of hydrogen-bond acceptors (Lipinski definition) is 4. The lowest BCUT2D eigenvalue weighted by Crippen LogP contribution is -2.38. The number of alkyl halides is 3. The summed E-state index contributed by atoms with van der Waals surface area (Å²) < 4.78 is 39.4. The fourth-order valence-electron chi connectivity index (χ4n) is 2.19. The molecule has 0 aliphatic carbocycles. The van der Waals surface area contributed by atoms with Gasteiger partial charge >= 0.3 is 12.2 Å². The van der Waals surface area contributed by atoms with Crippen LogP contribution in [0.2, 0.25) is 0 Å². The zero-order valence-electron chi connectivity index (χ0n) is 12.7. The third-order valence-electron chi connectivity index (χ3n) is 3.23. The standard InChI is InChI=1S/C14H15F3N4O3/c1-8(22)20-9-2-3-11(10(6-9)14(15,16)17)19-7-12(23)21-5-4-18-13(21)24/h2-3,6,19H,4-5,7H2,1H3,(H,18,24)(H,20,22). The van der Waals surface area contributed by atoms with Gasteiger partial charge in [-0.25, -0.2) is 4.79 Å². The van der Waals surface area contributed by atoms with Crippen LogP contribution in [0.5, 0.6) is 0 Å². The summed E-state index contributed by atoms with van der Waals surface area (Å²) in [4.78, 5) is 35.1. The molecule has 0 bridgehead atoms. The summed E-state index contributed by atoms with van der Waals surface area (Å²) in [6.45, 7) is 1.20. The molecule has 1 aliphatic heterocycles. The maximum atomic E-state index is 13.1. The van der Waals surface area contributed by atoms with E-state index in [1.54, 1.807) is 0 Å². The van der Waals surface area contributed by atoms with Gasteiger partial charge in [-0.3, -0.25) is 14.5 Å². The van der Waals surface area contributed by atoms with E-state index in [0.29, 0.717) is 6.54 Å². The number of halogens is 3. The van der Waals surface area contributed by atoms with Gasteiger partial charge in [0.15, 0.2) is 0 Å². The van der Waals surface area contributed by atoms with Crippen molar-refractivity contribution in [3.8, 4) is 0 Å². The van der Waals surface area contributed by atoms with Gasteiger partial charge in [-0.1, -0.05) is 0 Å². The van der Waals surface area contributed by atoms with Crippen molar-refractivity contribution in [2.75, 3.05) is 30.3 Å². The smallest absolute Gasteiger partial charge is 0.376 e. The van der Waals surface area contributed by atoms with Crippen LogP contribution in [0.3, 0.4) is 0 Å². The lowest BCUT2D eigenvalue weighted by molar-refractivity contribution is -0.137. The van der Waals surface area contributed by atoms with E-state index in [4.69, 9.17) is 0 Å². The average molecular weight is 344 g/mol. The number of benzene rings is 1. The highest BCUT2D eigenvalue weighted by Gasteiger charge is 2.34. The Bertz CT molecular complexity index is 676. The molecule has 4 amide bonds. The normalized spacial score (nSPS) is 14.3. The van der Waals surface area contributed by atoms with Gasteiger partial charge in [0.25, 0.3) is 0 Å². The fraction of sp³-hybridized carbons (Fsp3) is 0.357. The van der Waals surface area contributed by atoms with Gasteiger partial charge in [-0.05, 0) is 18.2 Å². The topological polar surface area (TPSA) is 90.5 Å². The summed E-state index contributed by atoms with van der Waals surface area (Å²) >= 11 is 0. The summed E-state index contributed by atoms with van der Waals surface area (Å²) in [6, 6.07) is 2.60. The number of urea groups is 1. The second-order valence-corrected chi connectivity index (χ2v) is 5.07. The first-order valence-electron chi connectivity index (χ1n) is 6.99. The molecule has 3 N–H and O–H groups in total. The predicted molar refractivity (Wildman–Crippen MR) is 79.3 cm³/mol. The molecule has 130 valence electrons. The summed E-state index contributed by atoms with van der Waals surface area (Å²) in [6.07, 6.45) is -4.68. The molecule has 10 heteroatoms. The van der Waals surface area contributed by atoms with Crippen molar-refractivity contribution < 1.29 is 27.6 Å². The number of carbonyl (C=O) groups excluding carboxylic acids is 3. The molecular weight excluding hydrogens is 329 g/mol. The van der Waals surface area contributed by atoms with Crippen molar-refractivity contribution in [1.82, 2.24) is 10.2 Å². The summed E-state index contributed by atoms with van der Waals surface area (Å²) in [5.41, 5.74) is -1.34. The third-order valence-corrected chi connectivity index (χ3v) is 3.23. The highest BCUT2D eigenvalue weighted by molar-refractivity contribution is 5.97. The van der Waals surface area contributed by atoms with Gasteiger partial charge in [-0.2, -0.15) is 13.2 Å². The summed E-state index contributed by atoms with van der Waals surface area (Å²) in [5, 5.41) is 7.09. The molecule has 0 spiro atoms. The number of hydrogen-bond donors (Lipinski definition) is 3. The van der Waals surface area contributed by atoms with E-state index in [9.17, 15) is 27.6 Å². The third kappa shape index (κ3) is 4.15. The number of nitrogens with zero attached hydrogens (tertiary/aromatic N) is 1. The monoisotopic (exact) mass is 344 g/mol.